The summed E-state index contributed by atoms with van der Waals surface area (Å²) in [5.41, 5.74) is 13.7. The summed E-state index contributed by atoms with van der Waals surface area (Å²) < 4.78 is 4.89. The van der Waals surface area contributed by atoms with Crippen LogP contribution in [0.3, 0.4) is 0 Å². The van der Waals surface area contributed by atoms with Crippen molar-refractivity contribution in [3.05, 3.63) is 187 Å². The highest BCUT2D eigenvalue weighted by Gasteiger charge is 2.22. The van der Waals surface area contributed by atoms with E-state index in [1.807, 2.05) is 0 Å². The summed E-state index contributed by atoms with van der Waals surface area (Å²) in [6.07, 6.45) is 19.2. The first-order chi connectivity index (χ1) is 24.8. The van der Waals surface area contributed by atoms with E-state index in [1.54, 1.807) is 0 Å². The first kappa shape index (κ1) is 28.9. The lowest BCUT2D eigenvalue weighted by molar-refractivity contribution is 0.855. The minimum Gasteiger partial charge on any atom is -0.309 e. The SMILES string of the molecule is C1=CCC(c2ccc3c(c2)c2c(-c4cccc5c4c4cc(C6=CCCC=C6)ccc4n5-c4ccccc4)cccc2n3-c2ccccc2)C=C1. The molecule has 0 bridgehead atoms. The Bertz CT molecular complexity index is 2710. The van der Waals surface area contributed by atoms with Crippen molar-refractivity contribution < 1.29 is 0 Å². The predicted octanol–water partition coefficient (Wildman–Crippen LogP) is 12.9. The van der Waals surface area contributed by atoms with Gasteiger partial charge in [0.2, 0.25) is 0 Å². The molecule has 2 aliphatic carbocycles. The minimum atomic E-state index is 0.375. The van der Waals surface area contributed by atoms with Crippen LogP contribution in [0.1, 0.15) is 36.3 Å². The molecule has 0 saturated heterocycles. The van der Waals surface area contributed by atoms with Crippen LogP contribution in [-0.4, -0.2) is 9.13 Å². The Balaban J connectivity index is 1.31. The maximum Gasteiger partial charge on any atom is 0.0547 e. The van der Waals surface area contributed by atoms with Gasteiger partial charge >= 0.3 is 0 Å². The topological polar surface area (TPSA) is 9.86 Å². The van der Waals surface area contributed by atoms with Crippen molar-refractivity contribution in [2.45, 2.75) is 25.2 Å². The number of fused-ring (bicyclic) bond motifs is 6. The van der Waals surface area contributed by atoms with Gasteiger partial charge in [-0.1, -0.05) is 115 Å². The average Bonchev–Trinajstić information content (AvgIpc) is 3.71. The highest BCUT2D eigenvalue weighted by molar-refractivity contribution is 6.22. The second-order valence-corrected chi connectivity index (χ2v) is 13.5. The van der Waals surface area contributed by atoms with Gasteiger partial charge in [0.05, 0.1) is 22.1 Å². The van der Waals surface area contributed by atoms with E-state index in [-0.39, 0.29) is 0 Å². The molecule has 0 fully saturated rings. The van der Waals surface area contributed by atoms with Gasteiger partial charge in [0.15, 0.2) is 0 Å². The van der Waals surface area contributed by atoms with Crippen molar-refractivity contribution in [2.75, 3.05) is 0 Å². The number of allylic oxidation sites excluding steroid dienone is 8. The van der Waals surface area contributed by atoms with Crippen LogP contribution < -0.4 is 0 Å². The Labute approximate surface area is 292 Å². The van der Waals surface area contributed by atoms with Gasteiger partial charge in [0.1, 0.15) is 0 Å². The van der Waals surface area contributed by atoms with E-state index in [2.05, 4.69) is 185 Å². The van der Waals surface area contributed by atoms with Crippen LogP contribution >= 0.6 is 0 Å². The summed E-state index contributed by atoms with van der Waals surface area (Å²) in [7, 11) is 0. The van der Waals surface area contributed by atoms with Crippen LogP contribution in [-0.2, 0) is 0 Å². The van der Waals surface area contributed by atoms with E-state index in [0.29, 0.717) is 5.92 Å². The van der Waals surface area contributed by atoms with Gasteiger partial charge in [-0.15, -0.1) is 0 Å². The highest BCUT2D eigenvalue weighted by Crippen LogP contribution is 2.45. The molecule has 238 valence electrons. The fraction of sp³-hybridized carbons (Fsp3) is 0.0833. The zero-order valence-corrected chi connectivity index (χ0v) is 27.8. The van der Waals surface area contributed by atoms with E-state index in [9.17, 15) is 0 Å². The van der Waals surface area contributed by atoms with Gasteiger partial charge in [0.25, 0.3) is 0 Å². The molecular weight excluding hydrogens is 605 g/mol. The molecule has 2 aliphatic rings. The molecule has 2 aromatic heterocycles. The molecule has 50 heavy (non-hydrogen) atoms. The van der Waals surface area contributed by atoms with Crippen LogP contribution in [0.4, 0.5) is 0 Å². The van der Waals surface area contributed by atoms with Crippen molar-refractivity contribution in [2.24, 2.45) is 0 Å². The van der Waals surface area contributed by atoms with Crippen molar-refractivity contribution in [1.29, 1.82) is 0 Å². The summed E-state index contributed by atoms with van der Waals surface area (Å²) >= 11 is 0. The van der Waals surface area contributed by atoms with Gasteiger partial charge in [-0.2, -0.15) is 0 Å². The monoisotopic (exact) mass is 640 g/mol. The van der Waals surface area contributed by atoms with Gasteiger partial charge < -0.3 is 9.13 Å². The molecular formula is C48H36N2. The Morgan fingerprint density at radius 3 is 1.74 bits per heavy atom. The third-order valence-electron chi connectivity index (χ3n) is 10.7. The van der Waals surface area contributed by atoms with Crippen molar-refractivity contribution in [3.8, 4) is 22.5 Å². The van der Waals surface area contributed by atoms with E-state index in [1.165, 1.54) is 82.8 Å². The lowest BCUT2D eigenvalue weighted by Crippen LogP contribution is -1.97. The molecule has 2 heterocycles. The number of benzene rings is 6. The second kappa shape index (κ2) is 11.8. The summed E-state index contributed by atoms with van der Waals surface area (Å²) in [4.78, 5) is 0. The number of para-hydroxylation sites is 2. The highest BCUT2D eigenvalue weighted by atomic mass is 15.0. The Kier molecular flexibility index (Phi) is 6.80. The molecule has 0 spiro atoms. The first-order valence-corrected chi connectivity index (χ1v) is 17.8. The normalized spacial score (nSPS) is 15.8. The molecule has 10 rings (SSSR count). The number of rotatable bonds is 5. The van der Waals surface area contributed by atoms with Gasteiger partial charge in [0, 0.05) is 38.8 Å². The van der Waals surface area contributed by atoms with E-state index >= 15 is 0 Å². The largest absolute Gasteiger partial charge is 0.309 e. The zero-order chi connectivity index (χ0) is 33.0. The van der Waals surface area contributed by atoms with Crippen LogP contribution in [0.2, 0.25) is 0 Å². The first-order valence-electron chi connectivity index (χ1n) is 17.8. The van der Waals surface area contributed by atoms with Gasteiger partial charge in [-0.25, -0.2) is 0 Å². The number of hydrogen-bond acceptors (Lipinski definition) is 0. The van der Waals surface area contributed by atoms with Crippen molar-refractivity contribution in [1.82, 2.24) is 9.13 Å². The van der Waals surface area contributed by atoms with Crippen LogP contribution in [0.25, 0.3) is 71.7 Å². The Morgan fingerprint density at radius 2 is 1.14 bits per heavy atom. The van der Waals surface area contributed by atoms with Gasteiger partial charge in [-0.3, -0.25) is 0 Å². The number of nitrogens with zero attached hydrogens (tertiary/aromatic N) is 2. The van der Waals surface area contributed by atoms with E-state index in [0.717, 1.165) is 19.3 Å². The molecule has 0 N–H and O–H groups in total. The molecule has 1 atom stereocenters. The van der Waals surface area contributed by atoms with E-state index < -0.39 is 0 Å². The minimum absolute atomic E-state index is 0.375. The Morgan fingerprint density at radius 1 is 0.500 bits per heavy atom. The van der Waals surface area contributed by atoms with Gasteiger partial charge in [-0.05, 0) is 108 Å². The summed E-state index contributed by atoms with van der Waals surface area (Å²) in [5.74, 6) is 0.375. The molecule has 6 aromatic carbocycles. The lowest BCUT2D eigenvalue weighted by Gasteiger charge is -2.14. The summed E-state index contributed by atoms with van der Waals surface area (Å²) in [6.45, 7) is 0. The maximum absolute atomic E-state index is 2.46. The standard InChI is InChI=1S/C48H36N2/c1-5-15-33(16-6-1)35-27-29-43-41(31-35)47-39(23-13-25-45(47)49(43)37-19-9-3-10-20-37)40-24-14-26-46-48(40)42-32-36(34-17-7-2-8-18-34)28-30-44(42)50(46)38-21-11-4-12-22-38/h1,3-7,9-15,17-33H,2,8,16H2. The van der Waals surface area contributed by atoms with Crippen LogP contribution in [0.5, 0.6) is 0 Å². The van der Waals surface area contributed by atoms with Crippen LogP contribution in [0, 0.1) is 0 Å². The average molecular weight is 641 g/mol. The molecule has 2 heteroatoms. The summed E-state index contributed by atoms with van der Waals surface area (Å²) in [6, 6.07) is 49.5. The predicted molar refractivity (Wildman–Crippen MR) is 213 cm³/mol. The molecule has 2 nitrogen and oxygen atoms in total. The van der Waals surface area contributed by atoms with Crippen molar-refractivity contribution in [3.63, 3.8) is 0 Å². The second-order valence-electron chi connectivity index (χ2n) is 13.5. The molecule has 0 aliphatic heterocycles. The quantitative estimate of drug-likeness (QED) is 0.177. The molecule has 0 saturated carbocycles. The van der Waals surface area contributed by atoms with Crippen molar-refractivity contribution >= 4 is 49.2 Å². The third-order valence-corrected chi connectivity index (χ3v) is 10.7. The molecule has 0 radical (unpaired) electrons. The van der Waals surface area contributed by atoms with E-state index in [4.69, 9.17) is 0 Å². The van der Waals surface area contributed by atoms with Crippen LogP contribution in [0.15, 0.2) is 176 Å². The fourth-order valence-electron chi connectivity index (χ4n) is 8.38. The lowest BCUT2D eigenvalue weighted by atomic mass is 9.90. The molecule has 8 aromatic rings. The Hall–Kier alpha value is -6.12. The summed E-state index contributed by atoms with van der Waals surface area (Å²) in [5, 5.41) is 5.16. The molecule has 1 unspecified atom stereocenters. The maximum atomic E-state index is 2.46. The number of aromatic nitrogens is 2. The third kappa shape index (κ3) is 4.56. The zero-order valence-electron chi connectivity index (χ0n) is 27.8. The number of hydrogen-bond donors (Lipinski definition) is 0. The fourth-order valence-corrected chi connectivity index (χ4v) is 8.38. The smallest absolute Gasteiger partial charge is 0.0547 e. The molecule has 0 amide bonds.